The molecule has 0 aliphatic carbocycles. The predicted molar refractivity (Wildman–Crippen MR) is 142 cm³/mol. The SMILES string of the molecule is O=C(CSc1ccc(F)cc1)NCCCCC(NC(=O)c1ccc(F)cc1)c1nc2cc(Cl)c(F)cc2[nH]1. The van der Waals surface area contributed by atoms with Crippen molar-refractivity contribution in [2.45, 2.75) is 30.2 Å². The standard InChI is InChI=1S/C27H24ClF3N4O2S/c28-20-13-23-24(14-21(20)31)34-26(33-23)22(35-27(37)16-4-6-17(29)7-5-16)3-1-2-12-32-25(36)15-38-19-10-8-18(30)9-11-19/h4-11,13-14,22H,1-3,12,15H2,(H,32,36)(H,33,34)(H,35,37). The number of hydrogen-bond donors (Lipinski definition) is 3. The van der Waals surface area contributed by atoms with Crippen LogP contribution >= 0.6 is 23.4 Å². The van der Waals surface area contributed by atoms with E-state index in [-0.39, 0.29) is 28.1 Å². The van der Waals surface area contributed by atoms with Crippen LogP contribution in [0, 0.1) is 17.5 Å². The van der Waals surface area contributed by atoms with Gasteiger partial charge >= 0.3 is 0 Å². The third-order valence-corrected chi connectivity index (χ3v) is 7.01. The summed E-state index contributed by atoms with van der Waals surface area (Å²) >= 11 is 7.20. The van der Waals surface area contributed by atoms with E-state index in [4.69, 9.17) is 11.6 Å². The summed E-state index contributed by atoms with van der Waals surface area (Å²) in [6, 6.07) is 13.2. The van der Waals surface area contributed by atoms with E-state index in [9.17, 15) is 22.8 Å². The lowest BCUT2D eigenvalue weighted by molar-refractivity contribution is -0.118. The Hall–Kier alpha value is -3.50. The fraction of sp³-hybridized carbons (Fsp3) is 0.222. The van der Waals surface area contributed by atoms with Gasteiger partial charge in [0.2, 0.25) is 5.91 Å². The van der Waals surface area contributed by atoms with Gasteiger partial charge in [0.05, 0.1) is 27.9 Å². The number of aromatic amines is 1. The normalized spacial score (nSPS) is 11.9. The van der Waals surface area contributed by atoms with Crippen molar-refractivity contribution in [3.8, 4) is 0 Å². The summed E-state index contributed by atoms with van der Waals surface area (Å²) in [6.07, 6.45) is 1.74. The molecule has 3 aromatic carbocycles. The first-order chi connectivity index (χ1) is 18.3. The van der Waals surface area contributed by atoms with E-state index in [2.05, 4.69) is 20.6 Å². The maximum Gasteiger partial charge on any atom is 0.251 e. The first-order valence-corrected chi connectivity index (χ1v) is 13.2. The van der Waals surface area contributed by atoms with Crippen LogP contribution in [0.15, 0.2) is 65.6 Å². The second-order valence-electron chi connectivity index (χ2n) is 8.53. The van der Waals surface area contributed by atoms with Gasteiger partial charge in [-0.25, -0.2) is 18.2 Å². The summed E-state index contributed by atoms with van der Waals surface area (Å²) in [7, 11) is 0. The number of rotatable bonds is 11. The monoisotopic (exact) mass is 560 g/mol. The van der Waals surface area contributed by atoms with Crippen molar-refractivity contribution in [2.24, 2.45) is 0 Å². The molecule has 0 saturated carbocycles. The highest BCUT2D eigenvalue weighted by Gasteiger charge is 2.20. The molecule has 1 unspecified atom stereocenters. The molecule has 38 heavy (non-hydrogen) atoms. The number of carbonyl (C=O) groups excluding carboxylic acids is 2. The minimum absolute atomic E-state index is 0.0595. The van der Waals surface area contributed by atoms with E-state index in [0.717, 1.165) is 4.90 Å². The number of thioether (sulfide) groups is 1. The Morgan fingerprint density at radius 1 is 0.974 bits per heavy atom. The third-order valence-electron chi connectivity index (χ3n) is 5.71. The number of amides is 2. The van der Waals surface area contributed by atoms with Crippen molar-refractivity contribution in [3.05, 3.63) is 94.5 Å². The topological polar surface area (TPSA) is 86.9 Å². The third kappa shape index (κ3) is 7.52. The van der Waals surface area contributed by atoms with Gasteiger partial charge in [0.15, 0.2) is 0 Å². The number of halogens is 4. The van der Waals surface area contributed by atoms with E-state index in [1.54, 1.807) is 12.1 Å². The van der Waals surface area contributed by atoms with E-state index >= 15 is 0 Å². The molecule has 1 atom stereocenters. The van der Waals surface area contributed by atoms with Crippen molar-refractivity contribution >= 4 is 46.2 Å². The number of imidazole rings is 1. The van der Waals surface area contributed by atoms with Crippen LogP contribution in [0.1, 0.15) is 41.5 Å². The van der Waals surface area contributed by atoms with Crippen LogP contribution < -0.4 is 10.6 Å². The number of aromatic nitrogens is 2. The molecule has 2 amide bonds. The quantitative estimate of drug-likeness (QED) is 0.151. The highest BCUT2D eigenvalue weighted by atomic mass is 35.5. The first-order valence-electron chi connectivity index (χ1n) is 11.8. The lowest BCUT2D eigenvalue weighted by Crippen LogP contribution is -2.30. The van der Waals surface area contributed by atoms with Crippen LogP contribution in [0.5, 0.6) is 0 Å². The summed E-state index contributed by atoms with van der Waals surface area (Å²) in [6.45, 7) is 0.433. The molecule has 0 saturated heterocycles. The van der Waals surface area contributed by atoms with Gasteiger partial charge in [-0.15, -0.1) is 11.8 Å². The fourth-order valence-electron chi connectivity index (χ4n) is 3.74. The Morgan fingerprint density at radius 3 is 2.37 bits per heavy atom. The van der Waals surface area contributed by atoms with Gasteiger partial charge in [0, 0.05) is 23.1 Å². The molecule has 0 radical (unpaired) electrons. The Morgan fingerprint density at radius 2 is 1.66 bits per heavy atom. The smallest absolute Gasteiger partial charge is 0.251 e. The van der Waals surface area contributed by atoms with Gasteiger partial charge in [0.25, 0.3) is 5.91 Å². The predicted octanol–water partition coefficient (Wildman–Crippen LogP) is 6.18. The van der Waals surface area contributed by atoms with Crippen LogP contribution in [-0.2, 0) is 4.79 Å². The van der Waals surface area contributed by atoms with Crippen molar-refractivity contribution in [2.75, 3.05) is 12.3 Å². The van der Waals surface area contributed by atoms with Gasteiger partial charge in [-0.3, -0.25) is 9.59 Å². The Balaban J connectivity index is 1.34. The Kier molecular flexibility index (Phi) is 9.30. The van der Waals surface area contributed by atoms with E-state index in [1.165, 1.54) is 60.3 Å². The van der Waals surface area contributed by atoms with Gasteiger partial charge in [-0.2, -0.15) is 0 Å². The second kappa shape index (κ2) is 12.8. The zero-order chi connectivity index (χ0) is 27.1. The molecule has 4 rings (SSSR count). The van der Waals surface area contributed by atoms with Crippen LogP contribution in [0.4, 0.5) is 13.2 Å². The number of nitrogens with zero attached hydrogens (tertiary/aromatic N) is 1. The van der Waals surface area contributed by atoms with Crippen LogP contribution in [0.3, 0.4) is 0 Å². The molecule has 0 fully saturated rings. The van der Waals surface area contributed by atoms with Gasteiger partial charge in [-0.1, -0.05) is 11.6 Å². The lowest BCUT2D eigenvalue weighted by Gasteiger charge is -2.17. The number of benzene rings is 3. The van der Waals surface area contributed by atoms with E-state index in [0.29, 0.717) is 42.7 Å². The van der Waals surface area contributed by atoms with Crippen LogP contribution in [-0.4, -0.2) is 34.1 Å². The highest BCUT2D eigenvalue weighted by Crippen LogP contribution is 2.25. The molecule has 1 heterocycles. The van der Waals surface area contributed by atoms with Crippen molar-refractivity contribution in [1.82, 2.24) is 20.6 Å². The molecular formula is C27H24ClF3N4O2S. The van der Waals surface area contributed by atoms with Crippen molar-refractivity contribution < 1.29 is 22.8 Å². The summed E-state index contributed by atoms with van der Waals surface area (Å²) in [5.74, 6) is -1.29. The summed E-state index contributed by atoms with van der Waals surface area (Å²) in [4.78, 5) is 33.3. The zero-order valence-electron chi connectivity index (χ0n) is 20.1. The largest absolute Gasteiger partial charge is 0.355 e. The molecular weight excluding hydrogens is 537 g/mol. The molecule has 198 valence electrons. The summed E-state index contributed by atoms with van der Waals surface area (Å²) in [5, 5.41) is 5.69. The molecule has 3 N–H and O–H groups in total. The molecule has 1 aromatic heterocycles. The molecule has 0 aliphatic rings. The van der Waals surface area contributed by atoms with Crippen molar-refractivity contribution in [1.29, 1.82) is 0 Å². The average Bonchev–Trinajstić information content (AvgIpc) is 3.30. The number of nitrogens with one attached hydrogen (secondary N) is 3. The lowest BCUT2D eigenvalue weighted by atomic mass is 10.1. The number of unbranched alkanes of at least 4 members (excludes halogenated alkanes) is 1. The van der Waals surface area contributed by atoms with E-state index in [1.807, 2.05) is 0 Å². The highest BCUT2D eigenvalue weighted by molar-refractivity contribution is 8.00. The second-order valence-corrected chi connectivity index (χ2v) is 9.98. The average molecular weight is 561 g/mol. The van der Waals surface area contributed by atoms with Crippen LogP contribution in [0.25, 0.3) is 11.0 Å². The molecule has 11 heteroatoms. The molecule has 4 aromatic rings. The molecule has 0 bridgehead atoms. The summed E-state index contributed by atoms with van der Waals surface area (Å²) < 4.78 is 40.2. The number of H-pyrrole nitrogens is 1. The van der Waals surface area contributed by atoms with Crippen molar-refractivity contribution in [3.63, 3.8) is 0 Å². The molecule has 0 aliphatic heterocycles. The van der Waals surface area contributed by atoms with Crippen LogP contribution in [0.2, 0.25) is 5.02 Å². The van der Waals surface area contributed by atoms with Gasteiger partial charge < -0.3 is 15.6 Å². The maximum atomic E-state index is 13.9. The summed E-state index contributed by atoms with van der Waals surface area (Å²) in [5.41, 5.74) is 1.18. The number of fused-ring (bicyclic) bond motifs is 1. The number of hydrogen-bond acceptors (Lipinski definition) is 4. The minimum atomic E-state index is -0.588. The zero-order valence-corrected chi connectivity index (χ0v) is 21.6. The van der Waals surface area contributed by atoms with E-state index < -0.39 is 23.6 Å². The fourth-order valence-corrected chi connectivity index (χ4v) is 4.63. The molecule has 0 spiro atoms. The Bertz CT molecular complexity index is 1380. The van der Waals surface area contributed by atoms with Gasteiger partial charge in [-0.05, 0) is 73.9 Å². The minimum Gasteiger partial charge on any atom is -0.355 e. The molecule has 6 nitrogen and oxygen atoms in total. The first kappa shape index (κ1) is 27.5. The Labute approximate surface area is 226 Å². The maximum absolute atomic E-state index is 13.9. The van der Waals surface area contributed by atoms with Gasteiger partial charge in [0.1, 0.15) is 23.3 Å². The number of carbonyl (C=O) groups is 2.